The number of nitrogens with zero attached hydrogens (tertiary/aromatic N) is 7. The molecule has 1 unspecified atom stereocenters. The minimum absolute atomic E-state index is 0.675. The number of anilines is 1. The fourth-order valence-corrected chi connectivity index (χ4v) is 4.46. The highest BCUT2D eigenvalue weighted by Gasteiger charge is 2.27. The zero-order valence-corrected chi connectivity index (χ0v) is 17.1. The van der Waals surface area contributed by atoms with Gasteiger partial charge in [0.1, 0.15) is 0 Å². The van der Waals surface area contributed by atoms with Gasteiger partial charge in [-0.15, -0.1) is 15.3 Å². The lowest BCUT2D eigenvalue weighted by Crippen LogP contribution is -2.21. The summed E-state index contributed by atoms with van der Waals surface area (Å²) in [7, 11) is 0. The summed E-state index contributed by atoms with van der Waals surface area (Å²) in [5.41, 5.74) is 5.58. The van der Waals surface area contributed by atoms with E-state index in [1.807, 2.05) is 23.7 Å². The van der Waals surface area contributed by atoms with Crippen LogP contribution in [0.4, 0.5) is 5.69 Å². The zero-order chi connectivity index (χ0) is 20.0. The summed E-state index contributed by atoms with van der Waals surface area (Å²) in [6, 6.07) is 14.7. The van der Waals surface area contributed by atoms with Crippen molar-refractivity contribution in [3.05, 3.63) is 65.2 Å². The first kappa shape index (κ1) is 17.8. The minimum Gasteiger partial charge on any atom is -0.368 e. The van der Waals surface area contributed by atoms with Crippen LogP contribution in [-0.4, -0.2) is 42.7 Å². The number of rotatable bonds is 4. The highest BCUT2D eigenvalue weighted by molar-refractivity contribution is 5.57. The van der Waals surface area contributed by atoms with Crippen LogP contribution in [0.1, 0.15) is 29.2 Å². The summed E-state index contributed by atoms with van der Waals surface area (Å²) < 4.78 is 3.70. The maximum atomic E-state index is 4.81. The zero-order valence-electron chi connectivity index (χ0n) is 17.1. The molecule has 4 heterocycles. The first-order chi connectivity index (χ1) is 14.1. The molecular formula is C22H25N7. The Morgan fingerprint density at radius 1 is 0.966 bits per heavy atom. The highest BCUT2D eigenvalue weighted by atomic mass is 15.4. The van der Waals surface area contributed by atoms with E-state index in [4.69, 9.17) is 10.2 Å². The molecule has 1 atom stereocenters. The maximum absolute atomic E-state index is 4.81. The number of aryl methyl sites for hydroxylation is 2. The molecule has 0 amide bonds. The van der Waals surface area contributed by atoms with Crippen LogP contribution in [0.2, 0.25) is 0 Å². The smallest absolute Gasteiger partial charge is 0.178 e. The minimum atomic E-state index is 0.675. The van der Waals surface area contributed by atoms with Crippen LogP contribution in [-0.2, 0) is 6.42 Å². The van der Waals surface area contributed by atoms with E-state index in [1.165, 1.54) is 17.7 Å². The van der Waals surface area contributed by atoms with Crippen molar-refractivity contribution in [2.24, 2.45) is 5.92 Å². The molecule has 29 heavy (non-hydrogen) atoms. The van der Waals surface area contributed by atoms with E-state index >= 15 is 0 Å². The highest BCUT2D eigenvalue weighted by Crippen LogP contribution is 2.32. The molecule has 1 aromatic carbocycles. The Morgan fingerprint density at radius 2 is 1.79 bits per heavy atom. The molecule has 1 aliphatic heterocycles. The number of benzene rings is 1. The summed E-state index contributed by atoms with van der Waals surface area (Å²) in [6.45, 7) is 8.26. The van der Waals surface area contributed by atoms with E-state index < -0.39 is 0 Å². The maximum Gasteiger partial charge on any atom is 0.178 e. The van der Waals surface area contributed by atoms with E-state index in [0.717, 1.165) is 48.2 Å². The standard InChI is InChI=1S/C22H25N7/c1-15-22(27-12-11-19(14-27)13-18-7-5-4-6-8-18)16(2)28(25-15)21-10-9-20-24-23-17(3)29(20)26-21/h4-10,19H,11-14H2,1-3H3. The topological polar surface area (TPSA) is 64.1 Å². The Kier molecular flexibility index (Phi) is 4.30. The van der Waals surface area contributed by atoms with Crippen molar-refractivity contribution in [2.45, 2.75) is 33.6 Å². The van der Waals surface area contributed by atoms with Gasteiger partial charge in [-0.05, 0) is 57.2 Å². The van der Waals surface area contributed by atoms with Crippen molar-refractivity contribution in [3.8, 4) is 5.82 Å². The van der Waals surface area contributed by atoms with E-state index in [2.05, 4.69) is 59.3 Å². The molecule has 148 valence electrons. The molecule has 4 aromatic rings. The lowest BCUT2D eigenvalue weighted by Gasteiger charge is -2.19. The molecule has 1 saturated heterocycles. The predicted molar refractivity (Wildman–Crippen MR) is 113 cm³/mol. The van der Waals surface area contributed by atoms with Gasteiger partial charge in [-0.3, -0.25) is 0 Å². The number of hydrogen-bond acceptors (Lipinski definition) is 5. The lowest BCUT2D eigenvalue weighted by molar-refractivity contribution is 0.586. The van der Waals surface area contributed by atoms with Crippen LogP contribution >= 0.6 is 0 Å². The van der Waals surface area contributed by atoms with Crippen molar-refractivity contribution < 1.29 is 0 Å². The molecule has 5 rings (SSSR count). The summed E-state index contributed by atoms with van der Waals surface area (Å²) in [5, 5.41) is 17.7. The second-order valence-corrected chi connectivity index (χ2v) is 7.93. The van der Waals surface area contributed by atoms with Crippen LogP contribution < -0.4 is 4.90 Å². The Bertz CT molecular complexity index is 1160. The largest absolute Gasteiger partial charge is 0.368 e. The lowest BCUT2D eigenvalue weighted by atomic mass is 9.99. The number of fused-ring (bicyclic) bond motifs is 1. The average molecular weight is 387 g/mol. The predicted octanol–water partition coefficient (Wildman–Crippen LogP) is 3.30. The van der Waals surface area contributed by atoms with Gasteiger partial charge < -0.3 is 4.90 Å². The van der Waals surface area contributed by atoms with Gasteiger partial charge in [0, 0.05) is 13.1 Å². The molecule has 0 N–H and O–H groups in total. The van der Waals surface area contributed by atoms with Crippen LogP contribution in [0.15, 0.2) is 42.5 Å². The van der Waals surface area contributed by atoms with Gasteiger partial charge in [0.2, 0.25) is 0 Å². The SMILES string of the molecule is Cc1nn(-c2ccc3nnc(C)n3n2)c(C)c1N1CCC(Cc2ccccc2)C1. The Morgan fingerprint density at radius 3 is 2.62 bits per heavy atom. The quantitative estimate of drug-likeness (QED) is 0.538. The van der Waals surface area contributed by atoms with Crippen molar-refractivity contribution in [3.63, 3.8) is 0 Å². The van der Waals surface area contributed by atoms with Gasteiger partial charge in [0.25, 0.3) is 0 Å². The fraction of sp³-hybridized carbons (Fsp3) is 0.364. The first-order valence-electron chi connectivity index (χ1n) is 10.1. The monoisotopic (exact) mass is 387 g/mol. The molecule has 0 radical (unpaired) electrons. The summed E-state index contributed by atoms with van der Waals surface area (Å²) in [6.07, 6.45) is 2.35. The third kappa shape index (κ3) is 3.16. The molecule has 7 nitrogen and oxygen atoms in total. The molecule has 0 aliphatic carbocycles. The van der Waals surface area contributed by atoms with E-state index in [1.54, 1.807) is 4.52 Å². The van der Waals surface area contributed by atoms with Crippen LogP contribution in [0, 0.1) is 26.7 Å². The molecule has 0 spiro atoms. The second kappa shape index (κ2) is 6.99. The van der Waals surface area contributed by atoms with Gasteiger partial charge >= 0.3 is 0 Å². The van der Waals surface area contributed by atoms with Crippen LogP contribution in [0.25, 0.3) is 11.5 Å². The molecule has 1 fully saturated rings. The summed E-state index contributed by atoms with van der Waals surface area (Å²) >= 11 is 0. The normalized spacial score (nSPS) is 16.8. The number of hydrogen-bond donors (Lipinski definition) is 0. The molecule has 1 aliphatic rings. The van der Waals surface area contributed by atoms with E-state index in [9.17, 15) is 0 Å². The Labute approximate surface area is 170 Å². The number of aromatic nitrogens is 6. The van der Waals surface area contributed by atoms with Crippen molar-refractivity contribution in [1.82, 2.24) is 29.6 Å². The fourth-order valence-electron chi connectivity index (χ4n) is 4.46. The third-order valence-electron chi connectivity index (χ3n) is 5.84. The van der Waals surface area contributed by atoms with E-state index in [0.29, 0.717) is 5.92 Å². The van der Waals surface area contributed by atoms with Gasteiger partial charge in [0.05, 0.1) is 17.1 Å². The van der Waals surface area contributed by atoms with Crippen molar-refractivity contribution in [1.29, 1.82) is 0 Å². The van der Waals surface area contributed by atoms with Crippen molar-refractivity contribution in [2.75, 3.05) is 18.0 Å². The molecule has 0 bridgehead atoms. The summed E-state index contributed by atoms with van der Waals surface area (Å²) in [4.78, 5) is 2.49. The van der Waals surface area contributed by atoms with Crippen molar-refractivity contribution >= 4 is 11.3 Å². The van der Waals surface area contributed by atoms with E-state index in [-0.39, 0.29) is 0 Å². The molecule has 3 aromatic heterocycles. The van der Waals surface area contributed by atoms with Gasteiger partial charge in [-0.1, -0.05) is 30.3 Å². The van der Waals surface area contributed by atoms with Crippen LogP contribution in [0.5, 0.6) is 0 Å². The van der Waals surface area contributed by atoms with Gasteiger partial charge in [-0.25, -0.2) is 4.68 Å². The Hall–Kier alpha value is -3.22. The van der Waals surface area contributed by atoms with Crippen LogP contribution in [0.3, 0.4) is 0 Å². The third-order valence-corrected chi connectivity index (χ3v) is 5.84. The van der Waals surface area contributed by atoms with Gasteiger partial charge in [-0.2, -0.15) is 9.61 Å². The molecule has 7 heteroatoms. The molecular weight excluding hydrogens is 362 g/mol. The van der Waals surface area contributed by atoms with Gasteiger partial charge in [0.15, 0.2) is 17.3 Å². The molecule has 0 saturated carbocycles. The first-order valence-corrected chi connectivity index (χ1v) is 10.1. The Balaban J connectivity index is 1.41. The second-order valence-electron chi connectivity index (χ2n) is 7.93. The average Bonchev–Trinajstić information content (AvgIpc) is 3.41. The summed E-state index contributed by atoms with van der Waals surface area (Å²) in [5.74, 6) is 2.23.